The van der Waals surface area contributed by atoms with Gasteiger partial charge in [0.05, 0.1) is 17.2 Å². The van der Waals surface area contributed by atoms with Crippen LogP contribution < -0.4 is 4.74 Å². The Morgan fingerprint density at radius 3 is 2.30 bits per heavy atom. The summed E-state index contributed by atoms with van der Waals surface area (Å²) in [6.07, 6.45) is 4.47. The first-order valence-corrected chi connectivity index (χ1v) is 17.1. The van der Waals surface area contributed by atoms with Crippen LogP contribution in [0.4, 0.5) is 4.79 Å². The molecule has 4 aromatic rings. The standard InChI is InChI=1S/C34H32Cl2N2O5S/c35-29-17-25(18-30(36)20-29)21-42-33(39)38-15-12-34(13-16-38)11-10-28-19-27(8-9-32(28)43-34)26-6-4-24(5-7-26)22-44(40,41)23-31-3-1-2-14-37-31/h1-9,14,17-20H,10-13,15-16,21-23H2. The molecule has 6 rings (SSSR count). The monoisotopic (exact) mass is 650 g/mol. The van der Waals surface area contributed by atoms with Crippen LogP contribution in [0.15, 0.2) is 85.1 Å². The van der Waals surface area contributed by atoms with Gasteiger partial charge in [-0.15, -0.1) is 0 Å². The maximum Gasteiger partial charge on any atom is 0.410 e. The predicted molar refractivity (Wildman–Crippen MR) is 172 cm³/mol. The van der Waals surface area contributed by atoms with Gasteiger partial charge in [-0.2, -0.15) is 0 Å². The molecule has 0 atom stereocenters. The average Bonchev–Trinajstić information content (AvgIpc) is 3.00. The lowest BCUT2D eigenvalue weighted by molar-refractivity contribution is -0.0150. The van der Waals surface area contributed by atoms with Gasteiger partial charge in [0.2, 0.25) is 0 Å². The van der Waals surface area contributed by atoms with E-state index in [9.17, 15) is 13.2 Å². The number of aryl methyl sites for hydroxylation is 1. The van der Waals surface area contributed by atoms with Crippen molar-refractivity contribution in [3.05, 3.63) is 117 Å². The zero-order chi connectivity index (χ0) is 30.7. The van der Waals surface area contributed by atoms with Crippen LogP contribution in [0, 0.1) is 0 Å². The third kappa shape index (κ3) is 7.37. The number of pyridine rings is 1. The van der Waals surface area contributed by atoms with Crippen LogP contribution in [0.5, 0.6) is 5.75 Å². The minimum absolute atomic E-state index is 0.0319. The summed E-state index contributed by atoms with van der Waals surface area (Å²) in [5, 5.41) is 1.01. The molecule has 1 saturated heterocycles. The number of sulfone groups is 1. The molecule has 44 heavy (non-hydrogen) atoms. The maximum atomic E-state index is 12.7. The third-order valence-corrected chi connectivity index (χ3v) is 10.2. The average molecular weight is 652 g/mol. The summed E-state index contributed by atoms with van der Waals surface area (Å²) in [6.45, 7) is 1.24. The lowest BCUT2D eigenvalue weighted by atomic mass is 9.82. The van der Waals surface area contributed by atoms with Crippen LogP contribution in [0.2, 0.25) is 10.0 Å². The number of rotatable bonds is 7. The quantitative estimate of drug-likeness (QED) is 0.204. The second-order valence-corrected chi connectivity index (χ2v) is 14.4. The molecule has 2 aliphatic heterocycles. The molecule has 0 unspecified atom stereocenters. The molecule has 1 spiro atoms. The van der Waals surface area contributed by atoms with Gasteiger partial charge in [-0.05, 0) is 83.1 Å². The number of halogens is 2. The molecule has 0 aliphatic carbocycles. The van der Waals surface area contributed by atoms with Crippen LogP contribution in [0.25, 0.3) is 11.1 Å². The molecule has 1 amide bonds. The molecule has 228 valence electrons. The number of carbonyl (C=O) groups is 1. The van der Waals surface area contributed by atoms with Gasteiger partial charge in [0.25, 0.3) is 0 Å². The van der Waals surface area contributed by atoms with Gasteiger partial charge in [0.15, 0.2) is 9.84 Å². The summed E-state index contributed by atoms with van der Waals surface area (Å²) in [7, 11) is -3.33. The van der Waals surface area contributed by atoms with Gasteiger partial charge in [-0.25, -0.2) is 13.2 Å². The summed E-state index contributed by atoms with van der Waals surface area (Å²) in [4.78, 5) is 18.6. The Balaban J connectivity index is 1.03. The van der Waals surface area contributed by atoms with Crippen molar-refractivity contribution in [2.45, 2.75) is 49.4 Å². The molecule has 10 heteroatoms. The van der Waals surface area contributed by atoms with Crippen molar-refractivity contribution < 1.29 is 22.7 Å². The van der Waals surface area contributed by atoms with Crippen molar-refractivity contribution >= 4 is 39.1 Å². The molecule has 0 saturated carbocycles. The Morgan fingerprint density at radius 1 is 0.864 bits per heavy atom. The lowest BCUT2D eigenvalue weighted by Gasteiger charge is -2.44. The molecular formula is C34H32Cl2N2O5S. The van der Waals surface area contributed by atoms with E-state index in [2.05, 4.69) is 11.1 Å². The largest absolute Gasteiger partial charge is 0.487 e. The van der Waals surface area contributed by atoms with E-state index >= 15 is 0 Å². The number of likely N-dealkylation sites (tertiary alicyclic amines) is 1. The van der Waals surface area contributed by atoms with Crippen molar-refractivity contribution in [1.29, 1.82) is 0 Å². The molecule has 0 radical (unpaired) electrons. The molecule has 7 nitrogen and oxygen atoms in total. The molecule has 3 heterocycles. The zero-order valence-electron chi connectivity index (χ0n) is 24.0. The van der Waals surface area contributed by atoms with Crippen LogP contribution in [0.3, 0.4) is 0 Å². The van der Waals surface area contributed by atoms with E-state index in [0.717, 1.165) is 59.3 Å². The third-order valence-electron chi connectivity index (χ3n) is 8.22. The smallest absolute Gasteiger partial charge is 0.410 e. The van der Waals surface area contributed by atoms with Crippen molar-refractivity contribution in [2.24, 2.45) is 0 Å². The highest BCUT2D eigenvalue weighted by molar-refractivity contribution is 7.89. The number of ether oxygens (including phenoxy) is 2. The van der Waals surface area contributed by atoms with Crippen LogP contribution in [0.1, 0.15) is 41.6 Å². The van der Waals surface area contributed by atoms with Crippen molar-refractivity contribution in [1.82, 2.24) is 9.88 Å². The number of hydrogen-bond acceptors (Lipinski definition) is 6. The SMILES string of the molecule is O=C(OCc1cc(Cl)cc(Cl)c1)N1CCC2(CCc3cc(-c4ccc(CS(=O)(=O)Cc5ccccn5)cc4)ccc3O2)CC1. The number of fused-ring (bicyclic) bond motifs is 1. The number of aromatic nitrogens is 1. The van der Waals surface area contributed by atoms with E-state index in [1.54, 1.807) is 47.5 Å². The topological polar surface area (TPSA) is 85.8 Å². The number of carbonyl (C=O) groups excluding carboxylic acids is 1. The second-order valence-electron chi connectivity index (χ2n) is 11.5. The number of amides is 1. The Hall–Kier alpha value is -3.59. The molecule has 1 aromatic heterocycles. The summed E-state index contributed by atoms with van der Waals surface area (Å²) in [5.74, 6) is 0.769. The van der Waals surface area contributed by atoms with Gasteiger partial charge in [-0.3, -0.25) is 4.98 Å². The Labute approximate surface area is 267 Å². The first kappa shape index (κ1) is 30.4. The number of nitrogens with zero attached hydrogens (tertiary/aromatic N) is 2. The van der Waals surface area contributed by atoms with Gasteiger partial charge in [0.1, 0.15) is 18.0 Å². The van der Waals surface area contributed by atoms with Crippen LogP contribution >= 0.6 is 23.2 Å². The van der Waals surface area contributed by atoms with E-state index in [0.29, 0.717) is 28.8 Å². The van der Waals surface area contributed by atoms with Gasteiger partial charge >= 0.3 is 6.09 Å². The number of hydrogen-bond donors (Lipinski definition) is 0. The first-order chi connectivity index (χ1) is 21.2. The van der Waals surface area contributed by atoms with Gasteiger partial charge in [-0.1, -0.05) is 59.6 Å². The molecule has 0 N–H and O–H groups in total. The summed E-state index contributed by atoms with van der Waals surface area (Å²) in [5.41, 5.74) is 4.97. The summed E-state index contributed by atoms with van der Waals surface area (Å²) < 4.78 is 37.5. The van der Waals surface area contributed by atoms with Crippen molar-refractivity contribution in [2.75, 3.05) is 13.1 Å². The van der Waals surface area contributed by atoms with Crippen molar-refractivity contribution in [3.63, 3.8) is 0 Å². The number of benzene rings is 3. The highest BCUT2D eigenvalue weighted by atomic mass is 35.5. The molecular weight excluding hydrogens is 619 g/mol. The zero-order valence-corrected chi connectivity index (χ0v) is 26.4. The Morgan fingerprint density at radius 2 is 1.59 bits per heavy atom. The normalized spacial score (nSPS) is 15.8. The van der Waals surface area contributed by atoms with E-state index < -0.39 is 9.84 Å². The Bertz CT molecular complexity index is 1740. The van der Waals surface area contributed by atoms with Crippen molar-refractivity contribution in [3.8, 4) is 16.9 Å². The predicted octanol–water partition coefficient (Wildman–Crippen LogP) is 7.67. The fraction of sp³-hybridized carbons (Fsp3) is 0.294. The van der Waals surface area contributed by atoms with E-state index in [4.69, 9.17) is 32.7 Å². The highest BCUT2D eigenvalue weighted by Gasteiger charge is 2.40. The van der Waals surface area contributed by atoms with Crippen LogP contribution in [-0.2, 0) is 39.1 Å². The van der Waals surface area contributed by atoms with E-state index in [1.165, 1.54) is 0 Å². The molecule has 2 aliphatic rings. The maximum absolute atomic E-state index is 12.7. The number of piperidine rings is 1. The first-order valence-electron chi connectivity index (χ1n) is 14.5. The molecule has 0 bridgehead atoms. The summed E-state index contributed by atoms with van der Waals surface area (Å²) in [6, 6.07) is 24.3. The fourth-order valence-corrected chi connectivity index (χ4v) is 7.88. The van der Waals surface area contributed by atoms with E-state index in [-0.39, 0.29) is 29.8 Å². The van der Waals surface area contributed by atoms with Crippen LogP contribution in [-0.4, -0.2) is 43.1 Å². The fourth-order valence-electron chi connectivity index (χ4n) is 5.89. The Kier molecular flexibility index (Phi) is 8.85. The molecule has 1 fully saturated rings. The molecule has 3 aromatic carbocycles. The van der Waals surface area contributed by atoms with E-state index in [1.807, 2.05) is 36.4 Å². The lowest BCUT2D eigenvalue weighted by Crippen LogP contribution is -2.51. The minimum atomic E-state index is -3.33. The summed E-state index contributed by atoms with van der Waals surface area (Å²) >= 11 is 12.1. The highest BCUT2D eigenvalue weighted by Crippen LogP contribution is 2.41. The van der Waals surface area contributed by atoms with Gasteiger partial charge < -0.3 is 14.4 Å². The van der Waals surface area contributed by atoms with Gasteiger partial charge in [0, 0.05) is 42.2 Å². The minimum Gasteiger partial charge on any atom is -0.487 e. The second kappa shape index (κ2) is 12.8.